The molecule has 6 nitrogen and oxygen atoms in total. The molecule has 0 aromatic heterocycles. The van der Waals surface area contributed by atoms with Crippen molar-refractivity contribution in [3.05, 3.63) is 52.8 Å². The highest BCUT2D eigenvalue weighted by Crippen LogP contribution is 2.36. The van der Waals surface area contributed by atoms with Crippen molar-refractivity contribution in [1.82, 2.24) is 5.32 Å². The fourth-order valence-corrected chi connectivity index (χ4v) is 4.29. The van der Waals surface area contributed by atoms with Gasteiger partial charge in [-0.3, -0.25) is 4.55 Å². The van der Waals surface area contributed by atoms with E-state index < -0.39 is 49.3 Å². The van der Waals surface area contributed by atoms with E-state index in [0.717, 1.165) is 5.56 Å². The fraction of sp³-hybridized carbons (Fsp3) is 0.455. The highest BCUT2D eigenvalue weighted by Gasteiger charge is 2.32. The Balaban J connectivity index is 2.43. The topological polar surface area (TPSA) is 102 Å². The number of hydrogen-bond donors (Lipinski definition) is 3. The van der Waals surface area contributed by atoms with Gasteiger partial charge in [-0.15, -0.1) is 0 Å². The lowest BCUT2D eigenvalue weighted by molar-refractivity contribution is 0.359. The van der Waals surface area contributed by atoms with E-state index in [2.05, 4.69) is 5.32 Å². The van der Waals surface area contributed by atoms with Crippen molar-refractivity contribution in [2.24, 2.45) is 5.73 Å². The molecule has 178 valence electrons. The highest BCUT2D eigenvalue weighted by molar-refractivity contribution is 7.85. The summed E-state index contributed by atoms with van der Waals surface area (Å²) in [4.78, 5) is -1.43. The van der Waals surface area contributed by atoms with Crippen LogP contribution in [0.15, 0.2) is 29.2 Å². The normalized spacial score (nSPS) is 13.5. The standard InChI is InChI=1S/C22H29F3N2O4S/c1-6-15-17(23)20(18(24)19(25)21(15)32(28,29)30)31-14-9-7-13(8-10-14)16(27-12(2)3)11-22(4,5)26/h7-10,12,16,27H,6,11,26H2,1-5H3,(H,28,29,30). The van der Waals surface area contributed by atoms with Gasteiger partial charge in [-0.05, 0) is 44.4 Å². The molecule has 2 aromatic rings. The Morgan fingerprint density at radius 2 is 1.66 bits per heavy atom. The van der Waals surface area contributed by atoms with Crippen molar-refractivity contribution in [3.8, 4) is 11.5 Å². The molecule has 0 aliphatic rings. The number of nitrogens with two attached hydrogens (primary N) is 1. The van der Waals surface area contributed by atoms with Crippen molar-refractivity contribution in [1.29, 1.82) is 0 Å². The zero-order valence-corrected chi connectivity index (χ0v) is 19.5. The lowest BCUT2D eigenvalue weighted by Gasteiger charge is -2.29. The predicted octanol–water partition coefficient (Wildman–Crippen LogP) is 4.87. The maximum atomic E-state index is 14.8. The number of nitrogens with one attached hydrogen (secondary N) is 1. The molecule has 2 rings (SSSR count). The summed E-state index contributed by atoms with van der Waals surface area (Å²) in [6, 6.07) is 6.41. The van der Waals surface area contributed by atoms with Crippen molar-refractivity contribution < 1.29 is 30.9 Å². The van der Waals surface area contributed by atoms with E-state index in [1.165, 1.54) is 19.1 Å². The summed E-state index contributed by atoms with van der Waals surface area (Å²) in [5.74, 6) is -6.21. The van der Waals surface area contributed by atoms with Gasteiger partial charge in [0.2, 0.25) is 11.6 Å². The molecule has 4 N–H and O–H groups in total. The molecule has 1 unspecified atom stereocenters. The Bertz CT molecular complexity index is 1070. The summed E-state index contributed by atoms with van der Waals surface area (Å²) in [5.41, 5.74) is 5.87. The van der Waals surface area contributed by atoms with Gasteiger partial charge in [-0.1, -0.05) is 32.9 Å². The Kier molecular flexibility index (Phi) is 7.98. The Morgan fingerprint density at radius 1 is 1.09 bits per heavy atom. The van der Waals surface area contributed by atoms with Crippen molar-refractivity contribution in [2.75, 3.05) is 0 Å². The van der Waals surface area contributed by atoms with Crippen LogP contribution in [0.2, 0.25) is 0 Å². The summed E-state index contributed by atoms with van der Waals surface area (Å²) < 4.78 is 80.8. The number of halogens is 3. The molecule has 1 atom stereocenters. The van der Waals surface area contributed by atoms with Gasteiger partial charge >= 0.3 is 0 Å². The van der Waals surface area contributed by atoms with Crippen molar-refractivity contribution in [3.63, 3.8) is 0 Å². The van der Waals surface area contributed by atoms with E-state index in [-0.39, 0.29) is 24.3 Å². The van der Waals surface area contributed by atoms with E-state index in [4.69, 9.17) is 10.5 Å². The molecule has 0 saturated heterocycles. The molecule has 10 heteroatoms. The molecule has 0 aliphatic heterocycles. The molecule has 0 heterocycles. The minimum atomic E-state index is -5.18. The molecule has 0 spiro atoms. The van der Waals surface area contributed by atoms with Crippen molar-refractivity contribution in [2.45, 2.75) is 70.0 Å². The van der Waals surface area contributed by atoms with Gasteiger partial charge in [0, 0.05) is 23.2 Å². The van der Waals surface area contributed by atoms with Crippen LogP contribution in [0.5, 0.6) is 11.5 Å². The first-order valence-electron chi connectivity index (χ1n) is 10.1. The third-order valence-electron chi connectivity index (χ3n) is 4.71. The molecular formula is C22H29F3N2O4S. The highest BCUT2D eigenvalue weighted by atomic mass is 32.2. The van der Waals surface area contributed by atoms with E-state index in [1.54, 1.807) is 12.1 Å². The third-order valence-corrected chi connectivity index (χ3v) is 5.65. The molecule has 0 bridgehead atoms. The van der Waals surface area contributed by atoms with Crippen LogP contribution in [0.1, 0.15) is 58.2 Å². The number of benzene rings is 2. The summed E-state index contributed by atoms with van der Waals surface area (Å²) in [6.45, 7) is 9.14. The zero-order chi connectivity index (χ0) is 24.4. The van der Waals surface area contributed by atoms with Crippen LogP contribution in [0.4, 0.5) is 13.2 Å². The van der Waals surface area contributed by atoms with Gasteiger partial charge < -0.3 is 15.8 Å². The first-order chi connectivity index (χ1) is 14.7. The largest absolute Gasteiger partial charge is 0.451 e. The summed E-state index contributed by atoms with van der Waals surface area (Å²) in [5, 5.41) is 3.41. The molecule has 0 amide bonds. The maximum Gasteiger partial charge on any atom is 0.297 e. The minimum Gasteiger partial charge on any atom is -0.451 e. The van der Waals surface area contributed by atoms with Crippen LogP contribution in [-0.4, -0.2) is 24.6 Å². The SMILES string of the molecule is CCc1c(F)c(Oc2ccc(C(CC(C)(C)N)NC(C)C)cc2)c(F)c(F)c1S(=O)(=O)O. The second-order valence-corrected chi connectivity index (χ2v) is 10.0. The van der Waals surface area contributed by atoms with Crippen LogP contribution >= 0.6 is 0 Å². The first kappa shape index (κ1) is 26.1. The van der Waals surface area contributed by atoms with Crippen LogP contribution in [-0.2, 0) is 16.5 Å². The molecule has 2 aromatic carbocycles. The molecule has 0 aliphatic carbocycles. The Labute approximate surface area is 186 Å². The van der Waals surface area contributed by atoms with Crippen LogP contribution in [0.3, 0.4) is 0 Å². The molecule has 0 radical (unpaired) electrons. The smallest absolute Gasteiger partial charge is 0.297 e. The lowest BCUT2D eigenvalue weighted by Crippen LogP contribution is -2.39. The van der Waals surface area contributed by atoms with E-state index in [0.29, 0.717) is 6.42 Å². The quantitative estimate of drug-likeness (QED) is 0.354. The summed E-state index contributed by atoms with van der Waals surface area (Å²) >= 11 is 0. The molecule has 0 saturated carbocycles. The second kappa shape index (κ2) is 9.78. The lowest BCUT2D eigenvalue weighted by atomic mass is 9.91. The number of hydrogen-bond acceptors (Lipinski definition) is 5. The van der Waals surface area contributed by atoms with Gasteiger partial charge in [0.1, 0.15) is 10.6 Å². The Morgan fingerprint density at radius 3 is 2.09 bits per heavy atom. The molecule has 32 heavy (non-hydrogen) atoms. The zero-order valence-electron chi connectivity index (χ0n) is 18.7. The Hall–Kier alpha value is -2.14. The van der Waals surface area contributed by atoms with Crippen molar-refractivity contribution >= 4 is 10.1 Å². The first-order valence-corrected chi connectivity index (χ1v) is 11.6. The van der Waals surface area contributed by atoms with Gasteiger partial charge in [-0.25, -0.2) is 8.78 Å². The monoisotopic (exact) mass is 474 g/mol. The van der Waals surface area contributed by atoms with Gasteiger partial charge in [-0.2, -0.15) is 12.8 Å². The molecular weight excluding hydrogens is 445 g/mol. The van der Waals surface area contributed by atoms with Gasteiger partial charge in [0.05, 0.1) is 0 Å². The number of ether oxygens (including phenoxy) is 1. The summed E-state index contributed by atoms with van der Waals surface area (Å²) in [6.07, 6.45) is 0.307. The van der Waals surface area contributed by atoms with E-state index in [1.807, 2.05) is 27.7 Å². The predicted molar refractivity (Wildman–Crippen MR) is 116 cm³/mol. The minimum absolute atomic E-state index is 0.0166. The van der Waals surface area contributed by atoms with Gasteiger partial charge in [0.25, 0.3) is 10.1 Å². The van der Waals surface area contributed by atoms with E-state index in [9.17, 15) is 26.1 Å². The average Bonchev–Trinajstić information content (AvgIpc) is 2.65. The molecule has 0 fully saturated rings. The number of rotatable bonds is 9. The fourth-order valence-electron chi connectivity index (χ4n) is 3.43. The van der Waals surface area contributed by atoms with Crippen LogP contribution < -0.4 is 15.8 Å². The van der Waals surface area contributed by atoms with Gasteiger partial charge in [0.15, 0.2) is 11.6 Å². The van der Waals surface area contributed by atoms with Crippen LogP contribution in [0.25, 0.3) is 0 Å². The second-order valence-electron chi connectivity index (χ2n) is 8.65. The van der Waals surface area contributed by atoms with Crippen LogP contribution in [0, 0.1) is 17.5 Å². The van der Waals surface area contributed by atoms with E-state index >= 15 is 0 Å². The third kappa shape index (κ3) is 6.22. The summed E-state index contributed by atoms with van der Waals surface area (Å²) in [7, 11) is -5.18. The maximum absolute atomic E-state index is 14.8. The average molecular weight is 475 g/mol.